The number of nitrogens with one attached hydrogen (secondary N) is 1. The van der Waals surface area contributed by atoms with Crippen molar-refractivity contribution in [1.82, 2.24) is 9.13 Å². The van der Waals surface area contributed by atoms with Gasteiger partial charge >= 0.3 is 0 Å². The summed E-state index contributed by atoms with van der Waals surface area (Å²) in [5.74, 6) is 0. The average molecular weight is 414 g/mol. The summed E-state index contributed by atoms with van der Waals surface area (Å²) in [6.07, 6.45) is 0.817. The summed E-state index contributed by atoms with van der Waals surface area (Å²) in [5.41, 5.74) is 7.60. The Kier molecular flexibility index (Phi) is 6.10. The van der Waals surface area contributed by atoms with Crippen LogP contribution in [-0.4, -0.2) is 22.9 Å². The molecule has 160 valence electrons. The quantitative estimate of drug-likeness (QED) is 0.422. The first kappa shape index (κ1) is 21.1. The summed E-state index contributed by atoms with van der Waals surface area (Å²) in [4.78, 5) is 0. The van der Waals surface area contributed by atoms with E-state index >= 15 is 0 Å². The third-order valence-electron chi connectivity index (χ3n) is 6.12. The molecule has 1 heterocycles. The molecular weight excluding hydrogens is 382 g/mol. The van der Waals surface area contributed by atoms with Gasteiger partial charge in [0.05, 0.1) is 29.7 Å². The first-order chi connectivity index (χ1) is 15.0. The molecule has 0 aliphatic rings. The lowest BCUT2D eigenvalue weighted by Gasteiger charge is -2.20. The van der Waals surface area contributed by atoms with Gasteiger partial charge in [-0.1, -0.05) is 71.8 Å². The van der Waals surface area contributed by atoms with E-state index in [0.717, 1.165) is 17.5 Å². The third kappa shape index (κ3) is 4.21. The highest BCUT2D eigenvalue weighted by atomic mass is 16.5. The van der Waals surface area contributed by atoms with Gasteiger partial charge in [-0.25, -0.2) is 0 Å². The van der Waals surface area contributed by atoms with E-state index in [-0.39, 0.29) is 12.1 Å². The molecule has 0 bridgehead atoms. The second-order valence-electron chi connectivity index (χ2n) is 8.44. The second kappa shape index (κ2) is 8.94. The number of aromatic nitrogens is 2. The molecular formula is C27H31N3O. The smallest absolute Gasteiger partial charge is 0.203 e. The van der Waals surface area contributed by atoms with E-state index in [4.69, 9.17) is 4.74 Å². The van der Waals surface area contributed by atoms with Gasteiger partial charge in [0.25, 0.3) is 0 Å². The number of rotatable bonds is 7. The number of hydrogen-bond acceptors (Lipinski definition) is 2. The Bertz CT molecular complexity index is 1220. The van der Waals surface area contributed by atoms with E-state index < -0.39 is 0 Å². The maximum absolute atomic E-state index is 9.18. The Morgan fingerprint density at radius 1 is 0.806 bits per heavy atom. The van der Waals surface area contributed by atoms with Crippen LogP contribution in [0, 0.1) is 19.3 Å². The predicted octanol–water partition coefficient (Wildman–Crippen LogP) is 5.58. The monoisotopic (exact) mass is 413 g/mol. The van der Waals surface area contributed by atoms with Crippen LogP contribution in [0.3, 0.4) is 0 Å². The molecule has 2 atom stereocenters. The molecule has 4 nitrogen and oxygen atoms in total. The molecule has 3 aromatic carbocycles. The maximum atomic E-state index is 9.18. The van der Waals surface area contributed by atoms with E-state index in [9.17, 15) is 5.41 Å². The molecule has 4 rings (SSSR count). The number of hydrogen-bond donors (Lipinski definition) is 1. The van der Waals surface area contributed by atoms with E-state index in [1.54, 1.807) is 7.11 Å². The molecule has 0 spiro atoms. The Balaban J connectivity index is 1.83. The van der Waals surface area contributed by atoms with Crippen LogP contribution in [0.5, 0.6) is 0 Å². The number of ether oxygens (including phenoxy) is 1. The molecule has 4 aromatic rings. The number of aryl methyl sites for hydroxylation is 2. The summed E-state index contributed by atoms with van der Waals surface area (Å²) in [6.45, 7) is 6.93. The molecule has 0 radical (unpaired) electrons. The SMILES string of the molecule is COC[C@H](Cc1ccc(C)cc1)n1c(=N)n(C(C)c2ccc(C)cc2)c2ccccc21. The van der Waals surface area contributed by atoms with Gasteiger partial charge in [0.15, 0.2) is 0 Å². The van der Waals surface area contributed by atoms with Crippen molar-refractivity contribution in [2.24, 2.45) is 0 Å². The topological polar surface area (TPSA) is 42.9 Å². The number of nitrogens with zero attached hydrogens (tertiary/aromatic N) is 2. The number of fused-ring (bicyclic) bond motifs is 1. The largest absolute Gasteiger partial charge is 0.383 e. The van der Waals surface area contributed by atoms with Crippen molar-refractivity contribution in [3.8, 4) is 0 Å². The van der Waals surface area contributed by atoms with Gasteiger partial charge in [-0.05, 0) is 50.5 Å². The van der Waals surface area contributed by atoms with Gasteiger partial charge in [-0.3, -0.25) is 5.41 Å². The van der Waals surface area contributed by atoms with Gasteiger partial charge in [0.1, 0.15) is 0 Å². The summed E-state index contributed by atoms with van der Waals surface area (Å²) >= 11 is 0. The van der Waals surface area contributed by atoms with Crippen LogP contribution in [0.4, 0.5) is 0 Å². The highest BCUT2D eigenvalue weighted by molar-refractivity contribution is 5.76. The van der Waals surface area contributed by atoms with Crippen molar-refractivity contribution in [2.45, 2.75) is 39.3 Å². The Morgan fingerprint density at radius 3 is 1.94 bits per heavy atom. The molecule has 1 unspecified atom stereocenters. The zero-order chi connectivity index (χ0) is 22.0. The van der Waals surface area contributed by atoms with Crippen LogP contribution >= 0.6 is 0 Å². The second-order valence-corrected chi connectivity index (χ2v) is 8.44. The van der Waals surface area contributed by atoms with Crippen molar-refractivity contribution >= 4 is 11.0 Å². The Labute approximate surface area is 184 Å². The lowest BCUT2D eigenvalue weighted by molar-refractivity contribution is 0.154. The van der Waals surface area contributed by atoms with Crippen molar-refractivity contribution < 1.29 is 4.74 Å². The highest BCUT2D eigenvalue weighted by Gasteiger charge is 2.22. The lowest BCUT2D eigenvalue weighted by atomic mass is 10.0. The van der Waals surface area contributed by atoms with E-state index in [2.05, 4.69) is 103 Å². The minimum absolute atomic E-state index is 0.0385. The zero-order valence-electron chi connectivity index (χ0n) is 18.8. The summed E-state index contributed by atoms with van der Waals surface area (Å²) < 4.78 is 9.89. The third-order valence-corrected chi connectivity index (χ3v) is 6.12. The van der Waals surface area contributed by atoms with Gasteiger partial charge in [-0.15, -0.1) is 0 Å². The molecule has 0 fully saturated rings. The standard InChI is InChI=1S/C27H31N3O/c1-19-9-13-22(14-10-19)17-24(18-31-4)30-26-8-6-5-7-25(26)29(27(30)28)21(3)23-15-11-20(2)12-16-23/h5-16,21,24,28H,17-18H2,1-4H3/t21?,24-/m0/s1. The number of para-hydroxylation sites is 2. The van der Waals surface area contributed by atoms with Crippen molar-refractivity contribution in [3.05, 3.63) is 101 Å². The minimum atomic E-state index is 0.0385. The Morgan fingerprint density at radius 2 is 1.35 bits per heavy atom. The first-order valence-electron chi connectivity index (χ1n) is 10.9. The fourth-order valence-corrected chi connectivity index (χ4v) is 4.38. The highest BCUT2D eigenvalue weighted by Crippen LogP contribution is 2.26. The van der Waals surface area contributed by atoms with Crippen LogP contribution in [0.1, 0.15) is 41.3 Å². The molecule has 0 amide bonds. The molecule has 0 aliphatic carbocycles. The lowest BCUT2D eigenvalue weighted by Crippen LogP contribution is -2.32. The van der Waals surface area contributed by atoms with Crippen molar-refractivity contribution in [1.29, 1.82) is 5.41 Å². The minimum Gasteiger partial charge on any atom is -0.383 e. The fourth-order valence-electron chi connectivity index (χ4n) is 4.38. The van der Waals surface area contributed by atoms with Crippen LogP contribution < -0.4 is 5.62 Å². The average Bonchev–Trinajstić information content (AvgIpc) is 3.06. The van der Waals surface area contributed by atoms with Crippen molar-refractivity contribution in [3.63, 3.8) is 0 Å². The summed E-state index contributed by atoms with van der Waals surface area (Å²) in [5, 5.41) is 9.18. The first-order valence-corrected chi connectivity index (χ1v) is 10.9. The number of methoxy groups -OCH3 is 1. The van der Waals surface area contributed by atoms with Gasteiger partial charge in [0.2, 0.25) is 5.62 Å². The van der Waals surface area contributed by atoms with Gasteiger partial charge < -0.3 is 13.9 Å². The van der Waals surface area contributed by atoms with Gasteiger partial charge in [-0.2, -0.15) is 0 Å². The summed E-state index contributed by atoms with van der Waals surface area (Å²) in [7, 11) is 1.74. The van der Waals surface area contributed by atoms with Crippen LogP contribution in [0.25, 0.3) is 11.0 Å². The molecule has 1 N–H and O–H groups in total. The molecule has 0 saturated heterocycles. The normalized spacial score (nSPS) is 13.4. The molecule has 0 aliphatic heterocycles. The fraction of sp³-hybridized carbons (Fsp3) is 0.296. The number of benzene rings is 3. The maximum Gasteiger partial charge on any atom is 0.203 e. The molecule has 1 aromatic heterocycles. The molecule has 4 heteroatoms. The summed E-state index contributed by atoms with van der Waals surface area (Å²) in [6, 6.07) is 25.7. The number of imidazole rings is 1. The predicted molar refractivity (Wildman–Crippen MR) is 127 cm³/mol. The zero-order valence-corrected chi connectivity index (χ0v) is 18.8. The molecule has 0 saturated carbocycles. The Hall–Kier alpha value is -3.11. The van der Waals surface area contributed by atoms with Crippen molar-refractivity contribution in [2.75, 3.05) is 13.7 Å². The van der Waals surface area contributed by atoms with Gasteiger partial charge in [0, 0.05) is 7.11 Å². The van der Waals surface area contributed by atoms with Crippen LogP contribution in [0.15, 0.2) is 72.8 Å². The van der Waals surface area contributed by atoms with Crippen LogP contribution in [-0.2, 0) is 11.2 Å². The van der Waals surface area contributed by atoms with E-state index in [1.165, 1.54) is 22.3 Å². The van der Waals surface area contributed by atoms with Crippen LogP contribution in [0.2, 0.25) is 0 Å². The molecule has 31 heavy (non-hydrogen) atoms. The van der Waals surface area contributed by atoms with E-state index in [0.29, 0.717) is 12.2 Å². The van der Waals surface area contributed by atoms with E-state index in [1.807, 2.05) is 0 Å².